The highest BCUT2D eigenvalue weighted by Gasteiger charge is 2.25. The van der Waals surface area contributed by atoms with E-state index in [2.05, 4.69) is 0 Å². The standard InChI is InChI=1S/C18H22NO4P/c19-13-17(16-9-5-2-6-10-16)11-12-18(20)23-24(21,22)14-15-7-3-1-4-8-15/h1-10,17H,11-14,19H2,(H,21,22). The van der Waals surface area contributed by atoms with Crippen molar-refractivity contribution in [3.8, 4) is 0 Å². The third kappa shape index (κ3) is 5.93. The fraction of sp³-hybridized carbons (Fsp3) is 0.278. The van der Waals surface area contributed by atoms with E-state index in [4.69, 9.17) is 10.3 Å². The van der Waals surface area contributed by atoms with Gasteiger partial charge in [0.05, 0.1) is 6.16 Å². The monoisotopic (exact) mass is 347 g/mol. The van der Waals surface area contributed by atoms with E-state index in [0.717, 1.165) is 5.56 Å². The van der Waals surface area contributed by atoms with Crippen LogP contribution in [0.4, 0.5) is 0 Å². The van der Waals surface area contributed by atoms with Gasteiger partial charge in [-0.3, -0.25) is 4.79 Å². The quantitative estimate of drug-likeness (QED) is 0.714. The fourth-order valence-corrected chi connectivity index (χ4v) is 3.64. The summed E-state index contributed by atoms with van der Waals surface area (Å²) in [6, 6.07) is 18.4. The summed E-state index contributed by atoms with van der Waals surface area (Å²) in [5, 5.41) is 0. The third-order valence-corrected chi connectivity index (χ3v) is 4.98. The number of hydrogen-bond acceptors (Lipinski definition) is 4. The second-order valence-corrected chi connectivity index (χ2v) is 7.40. The average molecular weight is 347 g/mol. The van der Waals surface area contributed by atoms with Crippen LogP contribution in [0.1, 0.15) is 29.9 Å². The van der Waals surface area contributed by atoms with E-state index in [-0.39, 0.29) is 18.5 Å². The van der Waals surface area contributed by atoms with Crippen molar-refractivity contribution in [1.29, 1.82) is 0 Å². The zero-order valence-corrected chi connectivity index (χ0v) is 14.3. The second kappa shape index (κ2) is 8.78. The molecule has 0 fully saturated rings. The van der Waals surface area contributed by atoms with Crippen LogP contribution < -0.4 is 5.73 Å². The smallest absolute Gasteiger partial charge is 0.383 e. The highest BCUT2D eigenvalue weighted by Crippen LogP contribution is 2.46. The molecule has 0 amide bonds. The van der Waals surface area contributed by atoms with Crippen LogP contribution in [-0.4, -0.2) is 17.4 Å². The Balaban J connectivity index is 1.87. The molecule has 0 saturated heterocycles. The van der Waals surface area contributed by atoms with E-state index in [1.165, 1.54) is 0 Å². The molecule has 128 valence electrons. The lowest BCUT2D eigenvalue weighted by Crippen LogP contribution is -2.14. The molecule has 0 aliphatic heterocycles. The average Bonchev–Trinajstić information content (AvgIpc) is 2.56. The Morgan fingerprint density at radius 2 is 1.67 bits per heavy atom. The number of nitrogens with two attached hydrogens (primary N) is 1. The van der Waals surface area contributed by atoms with Crippen molar-refractivity contribution < 1.29 is 18.8 Å². The van der Waals surface area contributed by atoms with Gasteiger partial charge < -0.3 is 15.2 Å². The van der Waals surface area contributed by atoms with Gasteiger partial charge in [0.1, 0.15) is 0 Å². The molecular weight excluding hydrogens is 325 g/mol. The Kier molecular flexibility index (Phi) is 6.73. The lowest BCUT2D eigenvalue weighted by molar-refractivity contribution is -0.135. The van der Waals surface area contributed by atoms with Crippen LogP contribution in [0.25, 0.3) is 0 Å². The summed E-state index contributed by atoms with van der Waals surface area (Å²) in [4.78, 5) is 21.8. The Hall–Kier alpha value is -1.94. The van der Waals surface area contributed by atoms with Crippen molar-refractivity contribution in [3.63, 3.8) is 0 Å². The summed E-state index contributed by atoms with van der Waals surface area (Å²) in [5.41, 5.74) is 7.46. The first-order valence-electron chi connectivity index (χ1n) is 7.83. The molecule has 0 saturated carbocycles. The summed E-state index contributed by atoms with van der Waals surface area (Å²) in [6.45, 7) is 0.401. The molecule has 2 atom stereocenters. The molecule has 0 aliphatic rings. The number of rotatable bonds is 8. The number of benzene rings is 2. The molecule has 0 bridgehead atoms. The van der Waals surface area contributed by atoms with E-state index in [0.29, 0.717) is 18.5 Å². The van der Waals surface area contributed by atoms with E-state index >= 15 is 0 Å². The van der Waals surface area contributed by atoms with Crippen molar-refractivity contribution in [2.24, 2.45) is 5.73 Å². The van der Waals surface area contributed by atoms with Gasteiger partial charge in [0, 0.05) is 6.42 Å². The van der Waals surface area contributed by atoms with Crippen LogP contribution >= 0.6 is 7.60 Å². The summed E-state index contributed by atoms with van der Waals surface area (Å²) < 4.78 is 16.9. The number of carbonyl (C=O) groups excluding carboxylic acids is 1. The Bertz CT molecular complexity index is 691. The van der Waals surface area contributed by atoms with Crippen LogP contribution in [0.2, 0.25) is 0 Å². The van der Waals surface area contributed by atoms with Crippen LogP contribution in [0.3, 0.4) is 0 Å². The molecule has 3 N–H and O–H groups in total. The highest BCUT2D eigenvalue weighted by molar-refractivity contribution is 7.52. The maximum atomic E-state index is 12.1. The topological polar surface area (TPSA) is 89.6 Å². The summed E-state index contributed by atoms with van der Waals surface area (Å²) in [6.07, 6.45) is 0.347. The van der Waals surface area contributed by atoms with Gasteiger partial charge in [0.2, 0.25) is 0 Å². The van der Waals surface area contributed by atoms with E-state index in [9.17, 15) is 14.3 Å². The largest absolute Gasteiger partial charge is 0.391 e. The number of hydrogen-bond donors (Lipinski definition) is 2. The summed E-state index contributed by atoms with van der Waals surface area (Å²) in [7, 11) is -3.99. The molecular formula is C18H22NO4P. The van der Waals surface area contributed by atoms with Crippen LogP contribution in [0, 0.1) is 0 Å². The van der Waals surface area contributed by atoms with Crippen molar-refractivity contribution in [1.82, 2.24) is 0 Å². The summed E-state index contributed by atoms with van der Waals surface area (Å²) >= 11 is 0. The predicted molar refractivity (Wildman–Crippen MR) is 93.5 cm³/mol. The molecule has 2 aromatic rings. The van der Waals surface area contributed by atoms with Crippen LogP contribution in [0.5, 0.6) is 0 Å². The minimum Gasteiger partial charge on any atom is -0.391 e. The molecule has 0 radical (unpaired) electrons. The highest BCUT2D eigenvalue weighted by atomic mass is 31.2. The molecule has 0 aliphatic carbocycles. The van der Waals surface area contributed by atoms with Gasteiger partial charge in [-0.05, 0) is 30.0 Å². The normalized spacial score (nSPS) is 14.6. The first-order chi connectivity index (χ1) is 11.5. The molecule has 0 heterocycles. The lowest BCUT2D eigenvalue weighted by atomic mass is 9.94. The molecule has 0 aromatic heterocycles. The van der Waals surface area contributed by atoms with Gasteiger partial charge in [0.15, 0.2) is 0 Å². The van der Waals surface area contributed by atoms with Gasteiger partial charge in [-0.15, -0.1) is 0 Å². The van der Waals surface area contributed by atoms with E-state index < -0.39 is 13.6 Å². The van der Waals surface area contributed by atoms with E-state index in [1.807, 2.05) is 36.4 Å². The van der Waals surface area contributed by atoms with Crippen molar-refractivity contribution in [2.75, 3.05) is 6.54 Å². The van der Waals surface area contributed by atoms with Crippen LogP contribution in [0.15, 0.2) is 60.7 Å². The van der Waals surface area contributed by atoms with Crippen molar-refractivity contribution in [3.05, 3.63) is 71.8 Å². The SMILES string of the molecule is NCC(CCC(=O)OP(=O)(O)Cc1ccccc1)c1ccccc1. The minimum absolute atomic E-state index is 0.0194. The zero-order valence-electron chi connectivity index (χ0n) is 13.4. The Labute approximate surface area is 142 Å². The molecule has 5 nitrogen and oxygen atoms in total. The van der Waals surface area contributed by atoms with Crippen LogP contribution in [-0.2, 0) is 20.0 Å². The first kappa shape index (κ1) is 18.4. The molecule has 2 unspecified atom stereocenters. The van der Waals surface area contributed by atoms with Crippen molar-refractivity contribution >= 4 is 13.6 Å². The van der Waals surface area contributed by atoms with Crippen molar-refractivity contribution in [2.45, 2.75) is 24.9 Å². The second-order valence-electron chi connectivity index (χ2n) is 5.63. The van der Waals surface area contributed by atoms with Gasteiger partial charge >= 0.3 is 13.6 Å². The fourth-order valence-electron chi connectivity index (χ4n) is 2.49. The predicted octanol–water partition coefficient (Wildman–Crippen LogP) is 3.44. The summed E-state index contributed by atoms with van der Waals surface area (Å²) in [5.74, 6) is -0.655. The van der Waals surface area contributed by atoms with Gasteiger partial charge in [0.25, 0.3) is 0 Å². The van der Waals surface area contributed by atoms with Gasteiger partial charge in [-0.2, -0.15) is 0 Å². The molecule has 6 heteroatoms. The van der Waals surface area contributed by atoms with E-state index in [1.54, 1.807) is 24.3 Å². The number of carbonyl (C=O) groups is 1. The molecule has 2 rings (SSSR count). The Morgan fingerprint density at radius 1 is 1.08 bits per heavy atom. The van der Waals surface area contributed by atoms with Gasteiger partial charge in [-0.1, -0.05) is 60.7 Å². The minimum atomic E-state index is -3.99. The maximum Gasteiger partial charge on any atom is 0.383 e. The first-order valence-corrected chi connectivity index (χ1v) is 9.59. The maximum absolute atomic E-state index is 12.1. The molecule has 2 aromatic carbocycles. The van der Waals surface area contributed by atoms with Gasteiger partial charge in [-0.25, -0.2) is 4.57 Å². The lowest BCUT2D eigenvalue weighted by Gasteiger charge is -2.16. The molecule has 0 spiro atoms. The Morgan fingerprint density at radius 3 is 2.25 bits per heavy atom. The zero-order chi connectivity index (χ0) is 17.4. The molecule has 24 heavy (non-hydrogen) atoms. The third-order valence-electron chi connectivity index (χ3n) is 3.72.